The van der Waals surface area contributed by atoms with E-state index in [1.54, 1.807) is 0 Å². The minimum absolute atomic E-state index is 0.00285. The summed E-state index contributed by atoms with van der Waals surface area (Å²) in [6.45, 7) is 1.21. The Balaban J connectivity index is 4.74. The first kappa shape index (κ1) is 22.5. The Hall–Kier alpha value is -2.50. The van der Waals surface area contributed by atoms with E-state index in [0.29, 0.717) is 13.0 Å². The lowest BCUT2D eigenvalue weighted by atomic mass is 10.1. The molecule has 12 heteroatoms. The highest BCUT2D eigenvalue weighted by atomic mass is 32.1. The summed E-state index contributed by atoms with van der Waals surface area (Å²) >= 11 is 4.00. The molecule has 0 aromatic heterocycles. The quantitative estimate of drug-likeness (QED) is 0.0848. The van der Waals surface area contributed by atoms with Crippen LogP contribution in [0.15, 0.2) is 4.99 Å². The summed E-state index contributed by atoms with van der Waals surface area (Å²) in [5, 5.41) is 7.23. The maximum absolute atomic E-state index is 12.3. The van der Waals surface area contributed by atoms with E-state index in [-0.39, 0.29) is 24.7 Å². The molecule has 0 fully saturated rings. The van der Waals surface area contributed by atoms with Gasteiger partial charge in [-0.15, -0.1) is 0 Å². The molecule has 0 spiro atoms. The van der Waals surface area contributed by atoms with Gasteiger partial charge in [0, 0.05) is 19.2 Å². The Bertz CT molecular complexity index is 523. The van der Waals surface area contributed by atoms with E-state index in [2.05, 4.69) is 33.6 Å². The third-order valence-electron chi connectivity index (χ3n) is 2.89. The smallest absolute Gasteiger partial charge is 0.243 e. The number of primary amides is 1. The van der Waals surface area contributed by atoms with Crippen molar-refractivity contribution in [2.45, 2.75) is 31.8 Å². The lowest BCUT2D eigenvalue weighted by molar-refractivity contribution is -0.131. The van der Waals surface area contributed by atoms with Gasteiger partial charge < -0.3 is 33.2 Å². The molecule has 0 aliphatic heterocycles. The number of hydrogen-bond acceptors (Lipinski definition) is 6. The third-order valence-corrected chi connectivity index (χ3v) is 3.26. The van der Waals surface area contributed by atoms with E-state index in [1.165, 1.54) is 6.92 Å². The third kappa shape index (κ3) is 10.8. The molecule has 0 saturated carbocycles. The molecule has 2 atom stereocenters. The molecule has 0 aromatic rings. The summed E-state index contributed by atoms with van der Waals surface area (Å²) in [4.78, 5) is 49.9. The van der Waals surface area contributed by atoms with Gasteiger partial charge >= 0.3 is 0 Å². The predicted octanol–water partition coefficient (Wildman–Crippen LogP) is -3.44. The number of rotatable bonds is 11. The van der Waals surface area contributed by atoms with Crippen molar-refractivity contribution in [3.05, 3.63) is 0 Å². The van der Waals surface area contributed by atoms with Crippen molar-refractivity contribution in [3.63, 3.8) is 0 Å². The number of carbonyl (C=O) groups is 4. The van der Waals surface area contributed by atoms with Gasteiger partial charge in [-0.05, 0) is 12.8 Å². The standard InChI is InChI=1S/C13H25N7O4S/c1-7(21)19-8(3-2-4-17-13(15)16)12(24)20-9(6-25)11(23)18-5-10(14)22/h8-9,25H,2-6H2,1H3,(H2,14,22)(H,18,23)(H,19,21)(H,20,24)(H4,15,16,17)/t8-,9-/m0/s1. The summed E-state index contributed by atoms with van der Waals surface area (Å²) in [5.41, 5.74) is 15.4. The molecule has 4 amide bonds. The maximum atomic E-state index is 12.3. The Morgan fingerprint density at radius 3 is 2.16 bits per heavy atom. The van der Waals surface area contributed by atoms with E-state index in [4.69, 9.17) is 17.2 Å². The second kappa shape index (κ2) is 11.9. The molecule has 0 aliphatic carbocycles. The maximum Gasteiger partial charge on any atom is 0.243 e. The van der Waals surface area contributed by atoms with Gasteiger partial charge in [-0.1, -0.05) is 0 Å². The lowest BCUT2D eigenvalue weighted by Crippen LogP contribution is -2.54. The van der Waals surface area contributed by atoms with Crippen LogP contribution in [0.1, 0.15) is 19.8 Å². The van der Waals surface area contributed by atoms with Gasteiger partial charge in [0.05, 0.1) is 6.54 Å². The van der Waals surface area contributed by atoms with E-state index in [9.17, 15) is 19.2 Å². The van der Waals surface area contributed by atoms with Crippen LogP contribution in [0.3, 0.4) is 0 Å². The van der Waals surface area contributed by atoms with Crippen molar-refractivity contribution in [3.8, 4) is 0 Å². The zero-order valence-electron chi connectivity index (χ0n) is 13.9. The van der Waals surface area contributed by atoms with Gasteiger partial charge in [-0.3, -0.25) is 24.2 Å². The number of nitrogens with two attached hydrogens (primary N) is 3. The number of nitrogens with zero attached hydrogens (tertiary/aromatic N) is 1. The van der Waals surface area contributed by atoms with Crippen molar-refractivity contribution in [1.29, 1.82) is 0 Å². The highest BCUT2D eigenvalue weighted by Gasteiger charge is 2.25. The number of guanidine groups is 1. The molecular weight excluding hydrogens is 350 g/mol. The summed E-state index contributed by atoms with van der Waals surface area (Å²) in [5.74, 6) is -2.35. The van der Waals surface area contributed by atoms with Crippen molar-refractivity contribution < 1.29 is 19.2 Å². The molecule has 0 saturated heterocycles. The number of aliphatic imine (C=N–C) groups is 1. The van der Waals surface area contributed by atoms with Crippen molar-refractivity contribution in [1.82, 2.24) is 16.0 Å². The minimum atomic E-state index is -0.982. The number of thiol groups is 1. The zero-order valence-corrected chi connectivity index (χ0v) is 14.8. The second-order valence-electron chi connectivity index (χ2n) is 5.13. The fourth-order valence-electron chi connectivity index (χ4n) is 1.78. The molecule has 0 unspecified atom stereocenters. The normalized spacial score (nSPS) is 12.4. The largest absolute Gasteiger partial charge is 0.370 e. The Kier molecular flexibility index (Phi) is 10.8. The highest BCUT2D eigenvalue weighted by Crippen LogP contribution is 2.00. The van der Waals surface area contributed by atoms with Crippen LogP contribution in [0.4, 0.5) is 0 Å². The minimum Gasteiger partial charge on any atom is -0.370 e. The monoisotopic (exact) mass is 375 g/mol. The number of carbonyl (C=O) groups excluding carboxylic acids is 4. The van der Waals surface area contributed by atoms with Gasteiger partial charge in [-0.25, -0.2) is 0 Å². The fourth-order valence-corrected chi connectivity index (χ4v) is 2.04. The van der Waals surface area contributed by atoms with Crippen LogP contribution in [0.2, 0.25) is 0 Å². The first-order chi connectivity index (χ1) is 11.7. The Morgan fingerprint density at radius 1 is 1.04 bits per heavy atom. The van der Waals surface area contributed by atoms with Crippen LogP contribution in [0.25, 0.3) is 0 Å². The van der Waals surface area contributed by atoms with E-state index in [1.807, 2.05) is 0 Å². The van der Waals surface area contributed by atoms with E-state index in [0.717, 1.165) is 0 Å². The molecule has 0 aliphatic rings. The van der Waals surface area contributed by atoms with Crippen LogP contribution in [0, 0.1) is 0 Å². The van der Waals surface area contributed by atoms with Crippen molar-refractivity contribution >= 4 is 42.2 Å². The molecule has 0 radical (unpaired) electrons. The van der Waals surface area contributed by atoms with Crippen molar-refractivity contribution in [2.75, 3.05) is 18.8 Å². The molecular formula is C13H25N7O4S. The highest BCUT2D eigenvalue weighted by molar-refractivity contribution is 7.80. The Morgan fingerprint density at radius 2 is 1.68 bits per heavy atom. The average Bonchev–Trinajstić information content (AvgIpc) is 2.52. The summed E-state index contributed by atoms with van der Waals surface area (Å²) < 4.78 is 0. The molecule has 11 nitrogen and oxygen atoms in total. The summed E-state index contributed by atoms with van der Waals surface area (Å²) in [7, 11) is 0. The van der Waals surface area contributed by atoms with E-state index >= 15 is 0 Å². The second-order valence-corrected chi connectivity index (χ2v) is 5.49. The first-order valence-corrected chi connectivity index (χ1v) is 8.10. The molecule has 9 N–H and O–H groups in total. The molecule has 142 valence electrons. The van der Waals surface area contributed by atoms with Gasteiger partial charge in [0.15, 0.2) is 5.96 Å². The molecule has 0 aromatic carbocycles. The summed E-state index contributed by atoms with van der Waals surface area (Å²) in [6, 6.07) is -1.85. The van der Waals surface area contributed by atoms with Crippen LogP contribution in [-0.2, 0) is 19.2 Å². The van der Waals surface area contributed by atoms with Crippen LogP contribution in [0.5, 0.6) is 0 Å². The zero-order chi connectivity index (χ0) is 19.4. The number of hydrogen-bond donors (Lipinski definition) is 7. The lowest BCUT2D eigenvalue weighted by Gasteiger charge is -2.21. The van der Waals surface area contributed by atoms with Crippen molar-refractivity contribution in [2.24, 2.45) is 22.2 Å². The summed E-state index contributed by atoms with van der Waals surface area (Å²) in [6.07, 6.45) is 0.708. The van der Waals surface area contributed by atoms with Gasteiger partial charge in [0.1, 0.15) is 12.1 Å². The number of amides is 4. The van der Waals surface area contributed by atoms with Gasteiger partial charge in [-0.2, -0.15) is 12.6 Å². The topological polar surface area (TPSA) is 195 Å². The van der Waals surface area contributed by atoms with Gasteiger partial charge in [0.25, 0.3) is 0 Å². The Labute approximate surface area is 150 Å². The first-order valence-electron chi connectivity index (χ1n) is 7.47. The number of nitrogens with one attached hydrogen (secondary N) is 3. The molecule has 0 bridgehead atoms. The van der Waals surface area contributed by atoms with Gasteiger partial charge in [0.2, 0.25) is 23.6 Å². The fraction of sp³-hybridized carbons (Fsp3) is 0.615. The SMILES string of the molecule is CC(=O)N[C@@H](CCCN=C(N)N)C(=O)N[C@@H](CS)C(=O)NCC(N)=O. The molecule has 0 heterocycles. The molecule has 0 rings (SSSR count). The van der Waals surface area contributed by atoms with Crippen LogP contribution >= 0.6 is 12.6 Å². The average molecular weight is 375 g/mol. The predicted molar refractivity (Wildman–Crippen MR) is 95.5 cm³/mol. The molecule has 25 heavy (non-hydrogen) atoms. The van der Waals surface area contributed by atoms with Crippen LogP contribution in [-0.4, -0.2) is 60.5 Å². The van der Waals surface area contributed by atoms with Crippen LogP contribution < -0.4 is 33.2 Å². The van der Waals surface area contributed by atoms with E-state index < -0.39 is 35.7 Å².